The number of pyridine rings is 1. The smallest absolute Gasteiger partial charge is 0.123 e. The number of rotatable bonds is 1. The summed E-state index contributed by atoms with van der Waals surface area (Å²) in [5, 5.41) is 12.5. The molecule has 0 bridgehead atoms. The first-order valence-corrected chi connectivity index (χ1v) is 6.58. The molecule has 0 aromatic carbocycles. The molecule has 1 fully saturated rings. The highest BCUT2D eigenvalue weighted by Crippen LogP contribution is 2.37. The van der Waals surface area contributed by atoms with Gasteiger partial charge in [0, 0.05) is 12.2 Å². The zero-order valence-corrected chi connectivity index (χ0v) is 10.9. The molecule has 1 aromatic heterocycles. The zero-order chi connectivity index (χ0) is 11.8. The van der Waals surface area contributed by atoms with Crippen LogP contribution in [0.4, 0.5) is 0 Å². The number of hydrogen-bond donors (Lipinski definition) is 1. The Kier molecular flexibility index (Phi) is 2.73. The molecule has 1 aliphatic carbocycles. The average Bonchev–Trinajstić information content (AvgIpc) is 2.92. The summed E-state index contributed by atoms with van der Waals surface area (Å²) in [4.78, 5) is 4.23. The Morgan fingerprint density at radius 1 is 1.53 bits per heavy atom. The first kappa shape index (κ1) is 10.9. The number of halogens is 1. The molecule has 17 heavy (non-hydrogen) atoms. The quantitative estimate of drug-likeness (QED) is 0.808. The maximum Gasteiger partial charge on any atom is 0.123 e. The van der Waals surface area contributed by atoms with E-state index >= 15 is 0 Å². The molecule has 0 saturated carbocycles. The Labute approximate surface area is 109 Å². The number of nitrogens with one attached hydrogen (secondary N) is 1. The van der Waals surface area contributed by atoms with Gasteiger partial charge in [-0.2, -0.15) is 5.26 Å². The molecule has 0 amide bonds. The number of hydrogen-bond acceptors (Lipinski definition) is 3. The summed E-state index contributed by atoms with van der Waals surface area (Å²) in [6.45, 7) is 1.10. The minimum absolute atomic E-state index is 0.463. The molecular weight excluding hydrogens is 278 g/mol. The van der Waals surface area contributed by atoms with Crippen molar-refractivity contribution in [2.24, 2.45) is 5.92 Å². The van der Waals surface area contributed by atoms with E-state index in [9.17, 15) is 0 Å². The van der Waals surface area contributed by atoms with Crippen LogP contribution in [0.3, 0.4) is 0 Å². The molecule has 2 atom stereocenters. The number of nitriles is 1. The van der Waals surface area contributed by atoms with Crippen LogP contribution < -0.4 is 5.32 Å². The van der Waals surface area contributed by atoms with Crippen molar-refractivity contribution in [2.45, 2.75) is 18.9 Å². The summed E-state index contributed by atoms with van der Waals surface area (Å²) in [7, 11) is 0. The lowest BCUT2D eigenvalue weighted by molar-refractivity contribution is 0.557. The second kappa shape index (κ2) is 4.25. The first-order chi connectivity index (χ1) is 8.29. The van der Waals surface area contributed by atoms with Crippen molar-refractivity contribution in [3.05, 3.63) is 34.1 Å². The van der Waals surface area contributed by atoms with E-state index in [0.717, 1.165) is 24.4 Å². The summed E-state index contributed by atoms with van der Waals surface area (Å²) >= 11 is 3.29. The van der Waals surface area contributed by atoms with Gasteiger partial charge in [-0.3, -0.25) is 0 Å². The SMILES string of the molecule is N#Cc1cc(C2=CC[C@@H]3CCN[C@H]23)cnc1Br. The zero-order valence-electron chi connectivity index (χ0n) is 9.28. The van der Waals surface area contributed by atoms with Crippen LogP contribution >= 0.6 is 15.9 Å². The van der Waals surface area contributed by atoms with Crippen LogP contribution in [0.25, 0.3) is 5.57 Å². The molecule has 1 aliphatic heterocycles. The van der Waals surface area contributed by atoms with E-state index in [-0.39, 0.29) is 0 Å². The molecule has 2 aliphatic rings. The van der Waals surface area contributed by atoms with Crippen LogP contribution in [-0.2, 0) is 0 Å². The number of fused-ring (bicyclic) bond motifs is 1. The van der Waals surface area contributed by atoms with Gasteiger partial charge in [-0.1, -0.05) is 6.08 Å². The number of nitrogens with zero attached hydrogens (tertiary/aromatic N) is 2. The minimum atomic E-state index is 0.463. The predicted molar refractivity (Wildman–Crippen MR) is 69.1 cm³/mol. The highest BCUT2D eigenvalue weighted by Gasteiger charge is 2.34. The van der Waals surface area contributed by atoms with Crippen molar-refractivity contribution in [1.29, 1.82) is 5.26 Å². The molecule has 1 N–H and O–H groups in total. The Morgan fingerprint density at radius 2 is 2.41 bits per heavy atom. The molecule has 86 valence electrons. The largest absolute Gasteiger partial charge is 0.310 e. The van der Waals surface area contributed by atoms with E-state index in [1.54, 1.807) is 0 Å². The molecular formula is C13H12BrN3. The summed E-state index contributed by atoms with van der Waals surface area (Å²) < 4.78 is 0.623. The fourth-order valence-corrected chi connectivity index (χ4v) is 3.07. The number of allylic oxidation sites excluding steroid dienone is 1. The monoisotopic (exact) mass is 289 g/mol. The molecule has 1 saturated heterocycles. The van der Waals surface area contributed by atoms with E-state index in [4.69, 9.17) is 5.26 Å². The van der Waals surface area contributed by atoms with Crippen molar-refractivity contribution < 1.29 is 0 Å². The van der Waals surface area contributed by atoms with Crippen molar-refractivity contribution >= 4 is 21.5 Å². The van der Waals surface area contributed by atoms with Crippen LogP contribution in [0.1, 0.15) is 24.0 Å². The van der Waals surface area contributed by atoms with Crippen LogP contribution in [0.5, 0.6) is 0 Å². The topological polar surface area (TPSA) is 48.7 Å². The molecule has 3 nitrogen and oxygen atoms in total. The summed E-state index contributed by atoms with van der Waals surface area (Å²) in [5.41, 5.74) is 2.99. The second-order valence-corrected chi connectivity index (χ2v) is 5.30. The standard InChI is InChI=1S/C13H12BrN3/c14-13-9(6-15)5-10(7-17-13)11-2-1-8-3-4-16-12(8)11/h2,5,7-8,12,16H,1,3-4H2/t8-,12+/m1/s1. The molecule has 0 spiro atoms. The maximum absolute atomic E-state index is 9.02. The molecule has 0 radical (unpaired) electrons. The van der Waals surface area contributed by atoms with Gasteiger partial charge in [0.25, 0.3) is 0 Å². The lowest BCUT2D eigenvalue weighted by Crippen LogP contribution is -2.24. The van der Waals surface area contributed by atoms with E-state index in [2.05, 4.69) is 38.4 Å². The fraction of sp³-hybridized carbons (Fsp3) is 0.385. The lowest BCUT2D eigenvalue weighted by Gasteiger charge is -2.15. The van der Waals surface area contributed by atoms with E-state index < -0.39 is 0 Å². The fourth-order valence-electron chi connectivity index (χ4n) is 2.76. The van der Waals surface area contributed by atoms with Gasteiger partial charge in [-0.15, -0.1) is 0 Å². The van der Waals surface area contributed by atoms with Gasteiger partial charge in [0.15, 0.2) is 0 Å². The highest BCUT2D eigenvalue weighted by molar-refractivity contribution is 9.10. The Morgan fingerprint density at radius 3 is 3.24 bits per heavy atom. The lowest BCUT2D eigenvalue weighted by atomic mass is 9.97. The van der Waals surface area contributed by atoms with Crippen molar-refractivity contribution in [3.8, 4) is 6.07 Å². The van der Waals surface area contributed by atoms with Gasteiger partial charge in [0.2, 0.25) is 0 Å². The Bertz CT molecular complexity index is 530. The van der Waals surface area contributed by atoms with Crippen LogP contribution in [0.15, 0.2) is 22.9 Å². The number of aromatic nitrogens is 1. The molecule has 2 heterocycles. The van der Waals surface area contributed by atoms with E-state index in [1.807, 2.05) is 12.3 Å². The minimum Gasteiger partial charge on any atom is -0.310 e. The molecule has 0 unspecified atom stereocenters. The summed E-state index contributed by atoms with van der Waals surface area (Å²) in [6, 6.07) is 4.55. The van der Waals surface area contributed by atoms with E-state index in [0.29, 0.717) is 16.2 Å². The van der Waals surface area contributed by atoms with Gasteiger partial charge < -0.3 is 5.32 Å². The van der Waals surface area contributed by atoms with Crippen LogP contribution in [0, 0.1) is 17.2 Å². The van der Waals surface area contributed by atoms with Gasteiger partial charge in [-0.05, 0) is 58.4 Å². The van der Waals surface area contributed by atoms with Gasteiger partial charge in [-0.25, -0.2) is 4.98 Å². The van der Waals surface area contributed by atoms with Crippen molar-refractivity contribution in [1.82, 2.24) is 10.3 Å². The Hall–Kier alpha value is -1.18. The molecule has 4 heteroatoms. The van der Waals surface area contributed by atoms with Gasteiger partial charge in [0.05, 0.1) is 5.56 Å². The summed E-state index contributed by atoms with van der Waals surface area (Å²) in [6.07, 6.45) is 6.53. The van der Waals surface area contributed by atoms with E-state index in [1.165, 1.54) is 12.0 Å². The normalized spacial score (nSPS) is 26.5. The van der Waals surface area contributed by atoms with Crippen molar-refractivity contribution in [2.75, 3.05) is 6.54 Å². The second-order valence-electron chi connectivity index (χ2n) is 4.55. The van der Waals surface area contributed by atoms with Gasteiger partial charge in [0.1, 0.15) is 10.7 Å². The maximum atomic E-state index is 9.02. The third kappa shape index (κ3) is 1.80. The van der Waals surface area contributed by atoms with Crippen LogP contribution in [0.2, 0.25) is 0 Å². The molecule has 1 aromatic rings. The average molecular weight is 290 g/mol. The third-order valence-electron chi connectivity index (χ3n) is 3.62. The van der Waals surface area contributed by atoms with Gasteiger partial charge >= 0.3 is 0 Å². The van der Waals surface area contributed by atoms with Crippen molar-refractivity contribution in [3.63, 3.8) is 0 Å². The summed E-state index contributed by atoms with van der Waals surface area (Å²) in [5.74, 6) is 0.735. The third-order valence-corrected chi connectivity index (χ3v) is 4.25. The highest BCUT2D eigenvalue weighted by atomic mass is 79.9. The van der Waals surface area contributed by atoms with Crippen LogP contribution in [-0.4, -0.2) is 17.6 Å². The predicted octanol–water partition coefficient (Wildman–Crippen LogP) is 2.48. The Balaban J connectivity index is 1.98. The molecule has 3 rings (SSSR count). The first-order valence-electron chi connectivity index (χ1n) is 5.79.